The van der Waals surface area contributed by atoms with E-state index in [2.05, 4.69) is 32.0 Å². The van der Waals surface area contributed by atoms with Crippen molar-refractivity contribution in [1.29, 1.82) is 0 Å². The highest BCUT2D eigenvalue weighted by Crippen LogP contribution is 2.34. The molecule has 35 heavy (non-hydrogen) atoms. The largest absolute Gasteiger partial charge is 0.647 e. The van der Waals surface area contributed by atoms with Gasteiger partial charge in [-0.15, -0.1) is 0 Å². The molecule has 3 saturated heterocycles. The molecule has 1 aliphatic carbocycles. The van der Waals surface area contributed by atoms with Gasteiger partial charge in [0.15, 0.2) is 0 Å². The third kappa shape index (κ3) is 6.71. The third-order valence-electron chi connectivity index (χ3n) is 6.97. The fourth-order valence-corrected chi connectivity index (χ4v) is 5.22. The first-order valence-corrected chi connectivity index (χ1v) is 14.3. The van der Waals surface area contributed by atoms with Crippen molar-refractivity contribution in [2.75, 3.05) is 39.3 Å². The van der Waals surface area contributed by atoms with Crippen LogP contribution in [0.25, 0.3) is 0 Å². The number of carbonyl (C=O) groups is 2. The van der Waals surface area contributed by atoms with Crippen LogP contribution < -0.4 is 3.79 Å². The van der Waals surface area contributed by atoms with Gasteiger partial charge in [-0.1, -0.05) is 57.7 Å². The first-order chi connectivity index (χ1) is 17.1. The van der Waals surface area contributed by atoms with Crippen LogP contribution in [0, 0.1) is 0 Å². The topological polar surface area (TPSA) is 52.4 Å². The van der Waals surface area contributed by atoms with Crippen LogP contribution in [0.4, 0.5) is 0 Å². The lowest BCUT2D eigenvalue weighted by Gasteiger charge is -2.21. The minimum atomic E-state index is 0.00546. The Hall–Kier alpha value is -2.23. The summed E-state index contributed by atoms with van der Waals surface area (Å²) in [6, 6.07) is 6.69. The van der Waals surface area contributed by atoms with Gasteiger partial charge in [0.05, 0.1) is 11.4 Å². The number of benzene rings is 1. The predicted molar refractivity (Wildman–Crippen MR) is 142 cm³/mol. The van der Waals surface area contributed by atoms with E-state index in [0.717, 1.165) is 55.9 Å². The van der Waals surface area contributed by atoms with Crippen molar-refractivity contribution < 1.29 is 13.4 Å². The summed E-state index contributed by atoms with van der Waals surface area (Å²) >= 11 is 0.793. The van der Waals surface area contributed by atoms with Gasteiger partial charge in [-0.3, -0.25) is 9.59 Å². The number of Topliss-reactive ketones (excluding diaryl/α,β-unsaturated/α-hetero) is 1. The molecule has 0 atom stereocenters. The number of aryl methyl sites for hydroxylation is 2. The van der Waals surface area contributed by atoms with Gasteiger partial charge in [-0.05, 0) is 36.8 Å². The second kappa shape index (κ2) is 12.1. The molecule has 1 aromatic carbocycles. The zero-order valence-corrected chi connectivity index (χ0v) is 23.8. The summed E-state index contributed by atoms with van der Waals surface area (Å²) in [6.45, 7) is 9.92. The maximum absolute atomic E-state index is 12.4. The third-order valence-corrected chi connectivity index (χ3v) is 7.38. The maximum atomic E-state index is 12.4. The normalized spacial score (nSPS) is 18.3. The molecule has 3 aliphatic heterocycles. The lowest BCUT2D eigenvalue weighted by Crippen LogP contribution is -2.29. The van der Waals surface area contributed by atoms with Crippen molar-refractivity contribution >= 4 is 28.2 Å². The number of hydrogen-bond acceptors (Lipinski definition) is 6. The molecule has 4 aliphatic rings. The maximum Gasteiger partial charge on any atom is 0.496 e. The molecular formula is C28H40AlN3O3. The molecule has 7 heteroatoms. The summed E-state index contributed by atoms with van der Waals surface area (Å²) < 4.78 is 5.78. The fraction of sp³-hybridized carbons (Fsp3) is 0.571. The highest BCUT2D eigenvalue weighted by Gasteiger charge is 2.43. The number of carbonyl (C=O) groups excluding carboxylic acids is 2. The van der Waals surface area contributed by atoms with E-state index in [1.54, 1.807) is 0 Å². The van der Waals surface area contributed by atoms with Gasteiger partial charge in [0.1, 0.15) is 11.4 Å². The predicted octanol–water partition coefficient (Wildman–Crippen LogP) is 3.26. The number of unbranched alkanes of at least 4 members (excludes halogenated alkanes) is 4. The summed E-state index contributed by atoms with van der Waals surface area (Å²) in [6.07, 6.45) is 11.7. The van der Waals surface area contributed by atoms with Crippen molar-refractivity contribution in [2.24, 2.45) is 0 Å². The number of para-hydroxylation sites is 1. The van der Waals surface area contributed by atoms with Crippen molar-refractivity contribution in [2.45, 2.75) is 65.2 Å². The molecule has 0 aromatic heterocycles. The van der Waals surface area contributed by atoms with E-state index in [0.29, 0.717) is 17.1 Å². The Morgan fingerprint density at radius 1 is 0.771 bits per heavy atom. The molecule has 0 bridgehead atoms. The van der Waals surface area contributed by atoms with E-state index in [1.807, 2.05) is 14.7 Å². The second-order valence-electron chi connectivity index (χ2n) is 9.91. The summed E-state index contributed by atoms with van der Waals surface area (Å²) in [5.74, 6) is 1.25. The van der Waals surface area contributed by atoms with Crippen LogP contribution in [0.2, 0.25) is 0 Å². The molecule has 5 rings (SSSR count). The van der Waals surface area contributed by atoms with Crippen LogP contribution in [0.3, 0.4) is 0 Å². The van der Waals surface area contributed by atoms with Crippen LogP contribution in [0.5, 0.6) is 5.75 Å². The summed E-state index contributed by atoms with van der Waals surface area (Å²) in [7, 11) is 0. The van der Waals surface area contributed by atoms with Gasteiger partial charge in [0.2, 0.25) is 11.6 Å². The molecule has 3 heterocycles. The highest BCUT2D eigenvalue weighted by atomic mass is 27.1. The van der Waals surface area contributed by atoms with Crippen LogP contribution in [-0.2, 0) is 22.4 Å². The molecule has 3 fully saturated rings. The van der Waals surface area contributed by atoms with Crippen molar-refractivity contribution in [3.8, 4) is 5.75 Å². The Balaban J connectivity index is 0.000000165. The number of nitrogens with zero attached hydrogens (tertiary/aromatic N) is 3. The molecular weight excluding hydrogens is 453 g/mol. The Bertz CT molecular complexity index is 963. The zero-order valence-electron chi connectivity index (χ0n) is 21.8. The van der Waals surface area contributed by atoms with E-state index in [-0.39, 0.29) is 11.6 Å². The summed E-state index contributed by atoms with van der Waals surface area (Å²) in [5.41, 5.74) is 4.73. The average molecular weight is 494 g/mol. The van der Waals surface area contributed by atoms with Crippen LogP contribution in [0.1, 0.15) is 63.5 Å². The fourth-order valence-electron chi connectivity index (χ4n) is 4.70. The quantitative estimate of drug-likeness (QED) is 0.193. The van der Waals surface area contributed by atoms with Gasteiger partial charge in [0.25, 0.3) is 0 Å². The Kier molecular flexibility index (Phi) is 8.97. The number of ketones is 2. The van der Waals surface area contributed by atoms with Gasteiger partial charge < -0.3 is 18.5 Å². The Morgan fingerprint density at radius 2 is 1.29 bits per heavy atom. The highest BCUT2D eigenvalue weighted by molar-refractivity contribution is 6.22. The molecule has 0 N–H and O–H groups in total. The van der Waals surface area contributed by atoms with E-state index in [4.69, 9.17) is 3.79 Å². The first-order valence-electron chi connectivity index (χ1n) is 13.5. The Morgan fingerprint density at radius 3 is 1.74 bits per heavy atom. The van der Waals surface area contributed by atoms with Gasteiger partial charge in [-0.2, -0.15) is 0 Å². The van der Waals surface area contributed by atoms with E-state index >= 15 is 0 Å². The first kappa shape index (κ1) is 25.9. The molecule has 0 amide bonds. The SMILES string of the molecule is CCCCCc1cccc(CCCCC)c1[O][AlH2].O=C1C=C(N2CC2)C(=O)C(N2CC2)=C1N1CC1. The smallest absolute Gasteiger partial charge is 0.496 e. The summed E-state index contributed by atoms with van der Waals surface area (Å²) in [5, 5.41) is 0. The standard InChI is InChI=1S/C16H26O.C12H13N3O2.Al.2H/c1-3-5-7-10-14-12-9-13-15(16(14)17)11-8-6-4-2;16-9-7-8(13-1-2-13)12(17)11(15-5-6-15)10(9)14-3-4-14;;;/h9,12-13,17H,3-8,10-11H2,1-2H3;7H,1-6H2;;;/q;;+1;;/p-1. The number of rotatable bonds is 12. The van der Waals surface area contributed by atoms with E-state index in [9.17, 15) is 9.59 Å². The number of allylic oxidation sites excluding steroid dienone is 1. The molecule has 6 nitrogen and oxygen atoms in total. The van der Waals surface area contributed by atoms with Crippen LogP contribution >= 0.6 is 0 Å². The Labute approximate surface area is 218 Å². The monoisotopic (exact) mass is 493 g/mol. The molecule has 0 spiro atoms. The molecule has 0 saturated carbocycles. The zero-order chi connectivity index (χ0) is 24.8. The lowest BCUT2D eigenvalue weighted by atomic mass is 9.99. The second-order valence-corrected chi connectivity index (χ2v) is 10.3. The van der Waals surface area contributed by atoms with Crippen molar-refractivity contribution in [1.82, 2.24) is 14.7 Å². The van der Waals surface area contributed by atoms with Gasteiger partial charge in [0, 0.05) is 45.3 Å². The minimum absolute atomic E-state index is 0.00546. The van der Waals surface area contributed by atoms with E-state index < -0.39 is 0 Å². The van der Waals surface area contributed by atoms with E-state index in [1.165, 1.54) is 74.3 Å². The van der Waals surface area contributed by atoms with Crippen molar-refractivity contribution in [3.05, 3.63) is 52.5 Å². The number of hydrogen-bond donors (Lipinski definition) is 0. The molecule has 188 valence electrons. The minimum Gasteiger partial charge on any atom is -0.647 e. The van der Waals surface area contributed by atoms with Crippen LogP contribution in [0.15, 0.2) is 41.4 Å². The average Bonchev–Trinajstić information content (AvgIpc) is 3.71. The molecule has 0 unspecified atom stereocenters. The van der Waals surface area contributed by atoms with Crippen molar-refractivity contribution in [3.63, 3.8) is 0 Å². The molecule has 0 radical (unpaired) electrons. The van der Waals surface area contributed by atoms with Gasteiger partial charge in [-0.25, -0.2) is 0 Å². The lowest BCUT2D eigenvalue weighted by molar-refractivity contribution is -0.117. The summed E-state index contributed by atoms with van der Waals surface area (Å²) in [4.78, 5) is 30.5. The van der Waals surface area contributed by atoms with Gasteiger partial charge >= 0.3 is 16.6 Å². The molecule has 1 aromatic rings. The van der Waals surface area contributed by atoms with Crippen LogP contribution in [-0.4, -0.2) is 82.2 Å².